The van der Waals surface area contributed by atoms with Crippen molar-refractivity contribution in [3.8, 4) is 0 Å². The second-order valence-corrected chi connectivity index (χ2v) is 8.31. The number of anilines is 2. The number of hydrogen-bond acceptors (Lipinski definition) is 5. The number of nitrogens with zero attached hydrogens (tertiary/aromatic N) is 4. The lowest BCUT2D eigenvalue weighted by atomic mass is 9.85. The Morgan fingerprint density at radius 1 is 1.26 bits per heavy atom. The number of halogens is 2. The van der Waals surface area contributed by atoms with E-state index in [1.807, 2.05) is 18.2 Å². The number of alkyl halides is 2. The Kier molecular flexibility index (Phi) is 3.80. The first-order chi connectivity index (χ1) is 15.0. The molecule has 1 fully saturated rings. The van der Waals surface area contributed by atoms with Crippen LogP contribution in [0.1, 0.15) is 17.7 Å². The van der Waals surface area contributed by atoms with Gasteiger partial charge in [-0.1, -0.05) is 0 Å². The van der Waals surface area contributed by atoms with E-state index in [2.05, 4.69) is 30.5 Å². The van der Waals surface area contributed by atoms with Crippen molar-refractivity contribution >= 4 is 39.3 Å². The molecule has 158 valence electrons. The van der Waals surface area contributed by atoms with Gasteiger partial charge in [0.05, 0.1) is 30.2 Å². The first-order valence-electron chi connectivity index (χ1n) is 10.2. The number of aryl methyl sites for hydroxylation is 1. The Labute approximate surface area is 175 Å². The molecule has 10 heteroatoms. The van der Waals surface area contributed by atoms with Crippen molar-refractivity contribution in [2.24, 2.45) is 5.92 Å². The molecule has 1 amide bonds. The minimum atomic E-state index is -2.75. The molecule has 31 heavy (non-hydrogen) atoms. The molecule has 8 nitrogen and oxygen atoms in total. The zero-order valence-electron chi connectivity index (χ0n) is 16.5. The summed E-state index contributed by atoms with van der Waals surface area (Å²) in [6.45, 7) is -0.953. The van der Waals surface area contributed by atoms with Gasteiger partial charge in [-0.05, 0) is 43.0 Å². The van der Waals surface area contributed by atoms with E-state index in [4.69, 9.17) is 0 Å². The van der Waals surface area contributed by atoms with Crippen LogP contribution >= 0.6 is 0 Å². The number of carbonyl (C=O) groups is 1. The summed E-state index contributed by atoms with van der Waals surface area (Å²) in [6.07, 6.45) is 5.04. The number of benzene rings is 1. The molecule has 2 aliphatic rings. The Morgan fingerprint density at radius 2 is 2.13 bits per heavy atom. The highest BCUT2D eigenvalue weighted by Crippen LogP contribution is 2.37. The summed E-state index contributed by atoms with van der Waals surface area (Å²) >= 11 is 0. The van der Waals surface area contributed by atoms with Crippen LogP contribution in [0.5, 0.6) is 0 Å². The number of likely N-dealkylation sites (tertiary alicyclic amines) is 1. The van der Waals surface area contributed by atoms with Gasteiger partial charge in [-0.25, -0.2) is 18.7 Å². The molecule has 1 aliphatic heterocycles. The van der Waals surface area contributed by atoms with Gasteiger partial charge in [0.2, 0.25) is 5.91 Å². The highest BCUT2D eigenvalue weighted by atomic mass is 19.3. The molecule has 0 spiro atoms. The summed E-state index contributed by atoms with van der Waals surface area (Å²) in [6, 6.07) is 5.85. The van der Waals surface area contributed by atoms with Crippen molar-refractivity contribution in [3.63, 3.8) is 0 Å². The number of amides is 1. The number of aromatic nitrogens is 5. The predicted octanol–water partition coefficient (Wildman–Crippen LogP) is 3.16. The molecule has 0 bridgehead atoms. The molecule has 3 aromatic heterocycles. The lowest BCUT2D eigenvalue weighted by Gasteiger charge is -2.41. The normalized spacial score (nSPS) is 19.9. The molecule has 3 N–H and O–H groups in total. The van der Waals surface area contributed by atoms with Gasteiger partial charge in [0.15, 0.2) is 0 Å². The predicted molar refractivity (Wildman–Crippen MR) is 110 cm³/mol. The average molecular weight is 423 g/mol. The SMILES string of the molecule is O=C(C1CCc2[nH]c3ncnc(Nc4ccc5[nH]ncc5c4)c3c2C1)N1CC(F)(F)C1. The minimum Gasteiger partial charge on any atom is -0.343 e. The van der Waals surface area contributed by atoms with E-state index in [0.717, 1.165) is 33.2 Å². The van der Waals surface area contributed by atoms with Crippen molar-refractivity contribution in [2.45, 2.75) is 25.2 Å². The van der Waals surface area contributed by atoms with E-state index in [1.165, 1.54) is 11.2 Å². The van der Waals surface area contributed by atoms with Crippen LogP contribution < -0.4 is 5.32 Å². The maximum Gasteiger partial charge on any atom is 0.282 e. The minimum absolute atomic E-state index is 0.192. The van der Waals surface area contributed by atoms with Gasteiger partial charge in [0.1, 0.15) is 17.8 Å². The van der Waals surface area contributed by atoms with Crippen LogP contribution in [0.15, 0.2) is 30.7 Å². The molecular weight excluding hydrogens is 404 g/mol. The summed E-state index contributed by atoms with van der Waals surface area (Å²) in [7, 11) is 0. The summed E-state index contributed by atoms with van der Waals surface area (Å²) in [5, 5.41) is 12.1. The van der Waals surface area contributed by atoms with Crippen molar-refractivity contribution in [3.05, 3.63) is 42.0 Å². The number of hydrogen-bond donors (Lipinski definition) is 3. The van der Waals surface area contributed by atoms with Crippen molar-refractivity contribution in [1.82, 2.24) is 30.0 Å². The Hall–Kier alpha value is -3.56. The number of aromatic amines is 2. The van der Waals surface area contributed by atoms with Gasteiger partial charge in [-0.15, -0.1) is 0 Å². The van der Waals surface area contributed by atoms with E-state index in [-0.39, 0.29) is 11.8 Å². The monoisotopic (exact) mass is 423 g/mol. The van der Waals surface area contributed by atoms with Gasteiger partial charge in [0, 0.05) is 22.7 Å². The fourth-order valence-electron chi connectivity index (χ4n) is 4.63. The highest BCUT2D eigenvalue weighted by Gasteiger charge is 2.48. The van der Waals surface area contributed by atoms with Gasteiger partial charge in [0.25, 0.3) is 5.92 Å². The van der Waals surface area contributed by atoms with E-state index in [9.17, 15) is 13.6 Å². The largest absolute Gasteiger partial charge is 0.343 e. The van der Waals surface area contributed by atoms with Gasteiger partial charge < -0.3 is 15.2 Å². The molecule has 1 saturated heterocycles. The first kappa shape index (κ1) is 18.2. The zero-order valence-corrected chi connectivity index (χ0v) is 16.5. The number of H-pyrrole nitrogens is 2. The van der Waals surface area contributed by atoms with Crippen LogP contribution in [-0.4, -0.2) is 55.0 Å². The molecule has 6 rings (SSSR count). The zero-order chi connectivity index (χ0) is 21.2. The Bertz CT molecular complexity index is 1320. The molecule has 4 heterocycles. The number of carbonyl (C=O) groups excluding carboxylic acids is 1. The fourth-order valence-corrected chi connectivity index (χ4v) is 4.63. The molecule has 1 unspecified atom stereocenters. The summed E-state index contributed by atoms with van der Waals surface area (Å²) in [5.41, 5.74) is 4.52. The highest BCUT2D eigenvalue weighted by molar-refractivity contribution is 5.95. The van der Waals surface area contributed by atoms with Gasteiger partial charge in [-0.2, -0.15) is 5.10 Å². The number of rotatable bonds is 3. The van der Waals surface area contributed by atoms with E-state index >= 15 is 0 Å². The smallest absolute Gasteiger partial charge is 0.282 e. The molecule has 1 aliphatic carbocycles. The average Bonchev–Trinajstić information content (AvgIpc) is 3.35. The molecular formula is C21H19F2N7O. The van der Waals surface area contributed by atoms with Crippen LogP contribution in [0.2, 0.25) is 0 Å². The lowest BCUT2D eigenvalue weighted by molar-refractivity contribution is -0.169. The first-order valence-corrected chi connectivity index (χ1v) is 10.2. The summed E-state index contributed by atoms with van der Waals surface area (Å²) in [5.74, 6) is -2.60. The topological polar surface area (TPSA) is 103 Å². The van der Waals surface area contributed by atoms with E-state index in [1.54, 1.807) is 6.20 Å². The molecule has 4 aromatic rings. The maximum atomic E-state index is 13.2. The Balaban J connectivity index is 1.32. The van der Waals surface area contributed by atoms with Gasteiger partial charge in [-0.3, -0.25) is 9.89 Å². The van der Waals surface area contributed by atoms with Crippen molar-refractivity contribution < 1.29 is 13.6 Å². The molecule has 1 aromatic carbocycles. The van der Waals surface area contributed by atoms with Crippen LogP contribution in [0.25, 0.3) is 21.9 Å². The van der Waals surface area contributed by atoms with Gasteiger partial charge >= 0.3 is 0 Å². The quantitative estimate of drug-likeness (QED) is 0.470. The third-order valence-electron chi connectivity index (χ3n) is 6.18. The fraction of sp³-hybridized carbons (Fsp3) is 0.333. The molecule has 1 atom stereocenters. The summed E-state index contributed by atoms with van der Waals surface area (Å²) in [4.78, 5) is 26.2. The standard InChI is InChI=1S/C21H19F2N7O/c22-21(23)8-30(9-21)20(31)11-1-3-16-14(6-11)17-18(24-10-25-19(17)28-16)27-13-2-4-15-12(5-13)7-26-29-15/h2,4-5,7,10-11H,1,3,6,8-9H2,(H,26,29)(H2,24,25,27,28). The maximum absolute atomic E-state index is 13.2. The second-order valence-electron chi connectivity index (χ2n) is 8.31. The van der Waals surface area contributed by atoms with Crippen molar-refractivity contribution in [1.29, 1.82) is 0 Å². The molecule has 0 radical (unpaired) electrons. The van der Waals surface area contributed by atoms with Crippen LogP contribution in [0, 0.1) is 5.92 Å². The number of nitrogens with one attached hydrogen (secondary N) is 3. The van der Waals surface area contributed by atoms with E-state index < -0.39 is 19.0 Å². The van der Waals surface area contributed by atoms with Crippen LogP contribution in [0.4, 0.5) is 20.3 Å². The van der Waals surface area contributed by atoms with Crippen LogP contribution in [-0.2, 0) is 17.6 Å². The number of fused-ring (bicyclic) bond motifs is 4. The third-order valence-corrected chi connectivity index (χ3v) is 6.18. The van der Waals surface area contributed by atoms with E-state index in [0.29, 0.717) is 30.7 Å². The third kappa shape index (κ3) is 3.01. The second kappa shape index (κ2) is 6.47. The molecule has 0 saturated carbocycles. The van der Waals surface area contributed by atoms with Crippen LogP contribution in [0.3, 0.4) is 0 Å². The lowest BCUT2D eigenvalue weighted by Crippen LogP contribution is -2.60. The Morgan fingerprint density at radius 3 is 2.97 bits per heavy atom. The summed E-state index contributed by atoms with van der Waals surface area (Å²) < 4.78 is 26.4. The van der Waals surface area contributed by atoms with Crippen molar-refractivity contribution in [2.75, 3.05) is 18.4 Å².